The molecule has 3 N–H and O–H groups in total. The second-order valence-electron chi connectivity index (χ2n) is 7.43. The third kappa shape index (κ3) is 5.21. The molecule has 7 nitrogen and oxygen atoms in total. The standard InChI is InChI=1S/C24H23N5O2/c25-24(31)22-14-17-6-4-5-7-18(17)15-29(22)16-23(30)26-19-10-12-21(13-11-19)28-27-20-8-2-1-3-9-20/h1-13,22H,14-16H2,(H2,25,31)(H,26,30). The van der Waals surface area contributed by atoms with Gasteiger partial charge in [-0.2, -0.15) is 10.2 Å². The fourth-order valence-electron chi connectivity index (χ4n) is 3.63. The molecule has 3 aromatic carbocycles. The summed E-state index contributed by atoms with van der Waals surface area (Å²) in [4.78, 5) is 26.4. The Morgan fingerprint density at radius 1 is 0.871 bits per heavy atom. The third-order valence-electron chi connectivity index (χ3n) is 5.21. The number of fused-ring (bicyclic) bond motifs is 1. The highest BCUT2D eigenvalue weighted by molar-refractivity contribution is 5.93. The molecule has 2 amide bonds. The van der Waals surface area contributed by atoms with Gasteiger partial charge in [0.2, 0.25) is 11.8 Å². The molecular weight excluding hydrogens is 390 g/mol. The molecule has 1 aliphatic rings. The summed E-state index contributed by atoms with van der Waals surface area (Å²) in [5, 5.41) is 11.2. The minimum Gasteiger partial charge on any atom is -0.368 e. The summed E-state index contributed by atoms with van der Waals surface area (Å²) >= 11 is 0. The van der Waals surface area contributed by atoms with Crippen molar-refractivity contribution < 1.29 is 9.59 Å². The van der Waals surface area contributed by atoms with Crippen molar-refractivity contribution in [3.05, 3.63) is 90.0 Å². The number of nitrogens with zero attached hydrogens (tertiary/aromatic N) is 3. The predicted octanol–water partition coefficient (Wildman–Crippen LogP) is 3.95. The van der Waals surface area contributed by atoms with Crippen molar-refractivity contribution in [2.24, 2.45) is 16.0 Å². The van der Waals surface area contributed by atoms with Gasteiger partial charge in [-0.05, 0) is 53.9 Å². The van der Waals surface area contributed by atoms with Crippen molar-refractivity contribution in [2.45, 2.75) is 19.0 Å². The number of azo groups is 1. The quantitative estimate of drug-likeness (QED) is 0.598. The maximum Gasteiger partial charge on any atom is 0.238 e. The Hall–Kier alpha value is -3.84. The minimum atomic E-state index is -0.499. The lowest BCUT2D eigenvalue weighted by atomic mass is 9.93. The van der Waals surface area contributed by atoms with E-state index in [0.717, 1.165) is 16.8 Å². The van der Waals surface area contributed by atoms with Gasteiger partial charge in [0.05, 0.1) is 24.0 Å². The van der Waals surface area contributed by atoms with Gasteiger partial charge in [0.15, 0.2) is 0 Å². The van der Waals surface area contributed by atoms with Crippen LogP contribution in [0.3, 0.4) is 0 Å². The van der Waals surface area contributed by atoms with Crippen LogP contribution in [0.5, 0.6) is 0 Å². The highest BCUT2D eigenvalue weighted by Crippen LogP contribution is 2.24. The van der Waals surface area contributed by atoms with E-state index in [0.29, 0.717) is 24.3 Å². The molecule has 0 radical (unpaired) electrons. The first kappa shape index (κ1) is 20.4. The van der Waals surface area contributed by atoms with Crippen molar-refractivity contribution in [2.75, 3.05) is 11.9 Å². The summed E-state index contributed by atoms with van der Waals surface area (Å²) in [5.74, 6) is -0.625. The molecule has 0 bridgehead atoms. The molecule has 156 valence electrons. The van der Waals surface area contributed by atoms with Crippen LogP contribution in [0.4, 0.5) is 17.1 Å². The molecule has 1 aliphatic heterocycles. The summed E-state index contributed by atoms with van der Waals surface area (Å²) in [5.41, 5.74) is 9.91. The van der Waals surface area contributed by atoms with Crippen molar-refractivity contribution in [3.8, 4) is 0 Å². The van der Waals surface area contributed by atoms with Gasteiger partial charge < -0.3 is 11.1 Å². The maximum atomic E-state index is 12.6. The van der Waals surface area contributed by atoms with E-state index in [1.54, 1.807) is 24.3 Å². The molecule has 0 saturated heterocycles. The van der Waals surface area contributed by atoms with E-state index < -0.39 is 11.9 Å². The highest BCUT2D eigenvalue weighted by Gasteiger charge is 2.31. The number of carbonyl (C=O) groups excluding carboxylic acids is 2. The van der Waals surface area contributed by atoms with Crippen molar-refractivity contribution in [1.29, 1.82) is 0 Å². The van der Waals surface area contributed by atoms with Crippen LogP contribution < -0.4 is 11.1 Å². The van der Waals surface area contributed by atoms with Crippen LogP contribution in [0.15, 0.2) is 89.1 Å². The SMILES string of the molecule is NC(=O)C1Cc2ccccc2CN1CC(=O)Nc1ccc(N=Nc2ccccc2)cc1. The number of nitrogens with two attached hydrogens (primary N) is 1. The van der Waals surface area contributed by atoms with Gasteiger partial charge in [0.25, 0.3) is 0 Å². The van der Waals surface area contributed by atoms with Crippen molar-refractivity contribution in [1.82, 2.24) is 4.90 Å². The Labute approximate surface area is 180 Å². The van der Waals surface area contributed by atoms with Gasteiger partial charge in [-0.1, -0.05) is 42.5 Å². The molecule has 1 unspecified atom stereocenters. The molecule has 3 aromatic rings. The molecule has 0 aliphatic carbocycles. The molecule has 0 fully saturated rings. The first-order valence-electron chi connectivity index (χ1n) is 10.1. The summed E-state index contributed by atoms with van der Waals surface area (Å²) in [7, 11) is 0. The molecule has 7 heteroatoms. The van der Waals surface area contributed by atoms with E-state index in [9.17, 15) is 9.59 Å². The predicted molar refractivity (Wildman–Crippen MR) is 119 cm³/mol. The van der Waals surface area contributed by atoms with Crippen LogP contribution in [0, 0.1) is 0 Å². The maximum absolute atomic E-state index is 12.6. The molecule has 1 heterocycles. The van der Waals surface area contributed by atoms with Crippen molar-refractivity contribution in [3.63, 3.8) is 0 Å². The molecule has 0 aromatic heterocycles. The van der Waals surface area contributed by atoms with Crippen LogP contribution in [0.25, 0.3) is 0 Å². The van der Waals surface area contributed by atoms with Crippen LogP contribution in [-0.4, -0.2) is 29.3 Å². The van der Waals surface area contributed by atoms with Crippen LogP contribution in [0.1, 0.15) is 11.1 Å². The molecule has 1 atom stereocenters. The van der Waals surface area contributed by atoms with Gasteiger partial charge >= 0.3 is 0 Å². The van der Waals surface area contributed by atoms with E-state index in [1.807, 2.05) is 59.5 Å². The number of amides is 2. The number of benzene rings is 3. The third-order valence-corrected chi connectivity index (χ3v) is 5.21. The average Bonchev–Trinajstić information content (AvgIpc) is 2.78. The van der Waals surface area contributed by atoms with E-state index in [1.165, 1.54) is 0 Å². The Balaban J connectivity index is 1.38. The number of nitrogens with one attached hydrogen (secondary N) is 1. The number of anilines is 1. The number of hydrogen-bond donors (Lipinski definition) is 2. The molecule has 4 rings (SSSR count). The highest BCUT2D eigenvalue weighted by atomic mass is 16.2. The first-order valence-corrected chi connectivity index (χ1v) is 10.1. The lowest BCUT2D eigenvalue weighted by Gasteiger charge is -2.34. The second kappa shape index (κ2) is 9.32. The normalized spacial score (nSPS) is 16.1. The van der Waals surface area contributed by atoms with Gasteiger partial charge in [0.1, 0.15) is 0 Å². The van der Waals surface area contributed by atoms with Gasteiger partial charge in [-0.3, -0.25) is 14.5 Å². The van der Waals surface area contributed by atoms with E-state index in [4.69, 9.17) is 5.73 Å². The van der Waals surface area contributed by atoms with Crippen LogP contribution >= 0.6 is 0 Å². The van der Waals surface area contributed by atoms with E-state index in [2.05, 4.69) is 15.5 Å². The number of rotatable bonds is 6. The minimum absolute atomic E-state index is 0.0808. The van der Waals surface area contributed by atoms with Crippen LogP contribution in [-0.2, 0) is 22.6 Å². The summed E-state index contributed by atoms with van der Waals surface area (Å²) in [6.07, 6.45) is 0.514. The van der Waals surface area contributed by atoms with Crippen LogP contribution in [0.2, 0.25) is 0 Å². The van der Waals surface area contributed by atoms with Gasteiger partial charge in [-0.25, -0.2) is 0 Å². The molecule has 0 spiro atoms. The van der Waals surface area contributed by atoms with Gasteiger partial charge in [-0.15, -0.1) is 0 Å². The fourth-order valence-corrected chi connectivity index (χ4v) is 3.63. The lowest BCUT2D eigenvalue weighted by Crippen LogP contribution is -2.50. The number of primary amides is 1. The largest absolute Gasteiger partial charge is 0.368 e. The Morgan fingerprint density at radius 3 is 2.16 bits per heavy atom. The zero-order valence-corrected chi connectivity index (χ0v) is 16.9. The Kier molecular flexibility index (Phi) is 6.14. The van der Waals surface area contributed by atoms with Gasteiger partial charge in [0, 0.05) is 12.2 Å². The summed E-state index contributed by atoms with van der Waals surface area (Å²) in [6.45, 7) is 0.591. The summed E-state index contributed by atoms with van der Waals surface area (Å²) in [6, 6.07) is 24.0. The number of hydrogen-bond acceptors (Lipinski definition) is 5. The smallest absolute Gasteiger partial charge is 0.238 e. The zero-order chi connectivity index (χ0) is 21.6. The zero-order valence-electron chi connectivity index (χ0n) is 16.9. The average molecular weight is 413 g/mol. The van der Waals surface area contributed by atoms with Crippen molar-refractivity contribution >= 4 is 28.9 Å². The first-order chi connectivity index (χ1) is 15.1. The Bertz CT molecular complexity index is 1100. The molecule has 31 heavy (non-hydrogen) atoms. The summed E-state index contributed by atoms with van der Waals surface area (Å²) < 4.78 is 0. The molecule has 0 saturated carbocycles. The number of carbonyl (C=O) groups is 2. The monoisotopic (exact) mass is 413 g/mol. The van der Waals surface area contributed by atoms with E-state index in [-0.39, 0.29) is 12.5 Å². The topological polar surface area (TPSA) is 100 Å². The lowest BCUT2D eigenvalue weighted by molar-refractivity contribution is -0.125. The van der Waals surface area contributed by atoms with E-state index >= 15 is 0 Å². The molecular formula is C24H23N5O2. The second-order valence-corrected chi connectivity index (χ2v) is 7.43. The Morgan fingerprint density at radius 2 is 1.48 bits per heavy atom. The fraction of sp³-hybridized carbons (Fsp3) is 0.167.